The van der Waals surface area contributed by atoms with E-state index < -0.39 is 35.9 Å². The van der Waals surface area contributed by atoms with E-state index in [-0.39, 0.29) is 5.92 Å². The highest BCUT2D eigenvalue weighted by Gasteiger charge is 2.53. The lowest BCUT2D eigenvalue weighted by molar-refractivity contribution is -0.152. The molecule has 8 heteroatoms. The fourth-order valence-electron chi connectivity index (χ4n) is 3.69. The molecule has 0 saturated carbocycles. The zero-order valence-electron chi connectivity index (χ0n) is 16.1. The molecule has 2 aliphatic heterocycles. The first-order valence-electron chi connectivity index (χ1n) is 9.03. The van der Waals surface area contributed by atoms with Gasteiger partial charge in [0.15, 0.2) is 0 Å². The third-order valence-electron chi connectivity index (χ3n) is 4.88. The van der Waals surface area contributed by atoms with Gasteiger partial charge in [0.05, 0.1) is 17.9 Å². The highest BCUT2D eigenvalue weighted by molar-refractivity contribution is 7.10. The Balaban J connectivity index is 1.63. The number of ether oxygens (including phenoxy) is 3. The highest BCUT2D eigenvalue weighted by atomic mass is 32.1. The lowest BCUT2D eigenvalue weighted by Crippen LogP contribution is -2.39. The molecule has 2 amide bonds. The van der Waals surface area contributed by atoms with Gasteiger partial charge < -0.3 is 14.2 Å². The molecule has 1 unspecified atom stereocenters. The molecule has 3 aliphatic rings. The van der Waals surface area contributed by atoms with Crippen molar-refractivity contribution in [3.05, 3.63) is 45.4 Å². The predicted octanol–water partition coefficient (Wildman–Crippen LogP) is 3.47. The van der Waals surface area contributed by atoms with Crippen LogP contribution >= 0.6 is 11.3 Å². The van der Waals surface area contributed by atoms with Gasteiger partial charge in [0.2, 0.25) is 0 Å². The average molecular weight is 403 g/mol. The van der Waals surface area contributed by atoms with E-state index in [9.17, 15) is 14.4 Å². The number of fused-ring (bicyclic) bond motifs is 3. The Labute approximate surface area is 166 Å². The molecule has 28 heavy (non-hydrogen) atoms. The van der Waals surface area contributed by atoms with Gasteiger partial charge in [0.1, 0.15) is 5.60 Å². The molecule has 1 aromatic rings. The van der Waals surface area contributed by atoms with Crippen molar-refractivity contribution < 1.29 is 28.6 Å². The summed E-state index contributed by atoms with van der Waals surface area (Å²) in [5, 5.41) is 1.96. The van der Waals surface area contributed by atoms with E-state index >= 15 is 0 Å². The quantitative estimate of drug-likeness (QED) is 0.427. The van der Waals surface area contributed by atoms with Crippen LogP contribution in [0.5, 0.6) is 0 Å². The fraction of sp³-hybridized carbons (Fsp3) is 0.450. The standard InChI is InChI=1S/C20H21NO6S/c1-10-7-15(26-18(10)23)25-9-13-12-8-14-11(5-6-28-14)16(12)21(17(13)22)19(24)27-20(2,3)4/h5-7,9,12,15-16H,8H2,1-4H3/b13-9+/t12-,15?,16-/m1/s1. The summed E-state index contributed by atoms with van der Waals surface area (Å²) in [7, 11) is 0. The Morgan fingerprint density at radius 1 is 1.36 bits per heavy atom. The van der Waals surface area contributed by atoms with Crippen molar-refractivity contribution in [3.8, 4) is 0 Å². The Bertz CT molecular complexity index is 921. The lowest BCUT2D eigenvalue weighted by atomic mass is 9.97. The van der Waals surface area contributed by atoms with Gasteiger partial charge in [-0.2, -0.15) is 0 Å². The summed E-state index contributed by atoms with van der Waals surface area (Å²) in [4.78, 5) is 39.7. The molecule has 0 N–H and O–H groups in total. The molecule has 1 aliphatic carbocycles. The van der Waals surface area contributed by atoms with E-state index in [0.717, 1.165) is 10.4 Å². The fourth-order valence-corrected chi connectivity index (χ4v) is 4.67. The number of hydrogen-bond acceptors (Lipinski definition) is 7. The number of carbonyl (C=O) groups is 3. The van der Waals surface area contributed by atoms with Crippen LogP contribution in [0.15, 0.2) is 34.9 Å². The van der Waals surface area contributed by atoms with Gasteiger partial charge in [-0.15, -0.1) is 11.3 Å². The maximum atomic E-state index is 13.1. The molecule has 3 atom stereocenters. The molecular formula is C20H21NO6S. The third kappa shape index (κ3) is 3.11. The highest BCUT2D eigenvalue weighted by Crippen LogP contribution is 2.51. The van der Waals surface area contributed by atoms with Crippen LogP contribution in [0.1, 0.15) is 44.2 Å². The van der Waals surface area contributed by atoms with Crippen LogP contribution in [0.2, 0.25) is 0 Å². The summed E-state index contributed by atoms with van der Waals surface area (Å²) in [5.74, 6) is -1.09. The molecule has 1 fully saturated rings. The molecule has 1 saturated heterocycles. The minimum Gasteiger partial charge on any atom is -0.458 e. The SMILES string of the molecule is CC1=CC(O/C=C2/C(=O)N(C(=O)OC(C)(C)C)[C@@H]3c4ccsc4C[C@H]23)OC1=O. The molecule has 0 aromatic carbocycles. The van der Waals surface area contributed by atoms with E-state index in [1.807, 2.05) is 11.4 Å². The smallest absolute Gasteiger partial charge is 0.417 e. The maximum absolute atomic E-state index is 13.1. The topological polar surface area (TPSA) is 82.1 Å². The normalized spacial score (nSPS) is 27.6. The van der Waals surface area contributed by atoms with Crippen molar-refractivity contribution in [2.24, 2.45) is 5.92 Å². The number of amides is 2. The van der Waals surface area contributed by atoms with Crippen molar-refractivity contribution >= 4 is 29.3 Å². The minimum absolute atomic E-state index is 0.204. The summed E-state index contributed by atoms with van der Waals surface area (Å²) < 4.78 is 16.1. The molecule has 0 bridgehead atoms. The number of cyclic esters (lactones) is 1. The van der Waals surface area contributed by atoms with Crippen LogP contribution in [0.4, 0.5) is 4.79 Å². The lowest BCUT2D eigenvalue weighted by Gasteiger charge is -2.26. The summed E-state index contributed by atoms with van der Waals surface area (Å²) in [6, 6.07) is 1.55. The Morgan fingerprint density at radius 3 is 2.75 bits per heavy atom. The Kier molecular flexibility index (Phi) is 4.33. The molecular weight excluding hydrogens is 382 g/mol. The summed E-state index contributed by atoms with van der Waals surface area (Å²) in [6.07, 6.45) is 1.99. The van der Waals surface area contributed by atoms with Gasteiger partial charge in [-0.05, 0) is 51.1 Å². The van der Waals surface area contributed by atoms with Crippen LogP contribution < -0.4 is 0 Å². The predicted molar refractivity (Wildman–Crippen MR) is 100 cm³/mol. The first-order chi connectivity index (χ1) is 13.2. The van der Waals surface area contributed by atoms with Crippen molar-refractivity contribution in [1.29, 1.82) is 0 Å². The van der Waals surface area contributed by atoms with E-state index in [2.05, 4.69) is 0 Å². The molecule has 0 radical (unpaired) electrons. The van der Waals surface area contributed by atoms with Crippen LogP contribution in [0.3, 0.4) is 0 Å². The summed E-state index contributed by atoms with van der Waals surface area (Å²) >= 11 is 1.61. The number of likely N-dealkylation sites (tertiary alicyclic amines) is 1. The second-order valence-electron chi connectivity index (χ2n) is 8.04. The molecule has 7 nitrogen and oxygen atoms in total. The van der Waals surface area contributed by atoms with Crippen LogP contribution in [0.25, 0.3) is 0 Å². The number of esters is 1. The van der Waals surface area contributed by atoms with Crippen molar-refractivity contribution in [1.82, 2.24) is 4.90 Å². The zero-order valence-corrected chi connectivity index (χ0v) is 16.9. The first kappa shape index (κ1) is 18.7. The number of imide groups is 1. The average Bonchev–Trinajstić information content (AvgIpc) is 3.28. The van der Waals surface area contributed by atoms with E-state index in [1.54, 1.807) is 45.1 Å². The Hall–Kier alpha value is -2.61. The molecule has 0 spiro atoms. The van der Waals surface area contributed by atoms with E-state index in [0.29, 0.717) is 17.6 Å². The summed E-state index contributed by atoms with van der Waals surface area (Å²) in [6.45, 7) is 6.92. The van der Waals surface area contributed by atoms with Crippen LogP contribution in [-0.2, 0) is 30.2 Å². The van der Waals surface area contributed by atoms with Crippen molar-refractivity contribution in [2.45, 2.75) is 52.0 Å². The van der Waals surface area contributed by atoms with Crippen LogP contribution in [-0.4, -0.2) is 34.8 Å². The van der Waals surface area contributed by atoms with Gasteiger partial charge >= 0.3 is 12.1 Å². The van der Waals surface area contributed by atoms with Gasteiger partial charge in [0, 0.05) is 22.4 Å². The number of rotatable bonds is 2. The molecule has 1 aromatic heterocycles. The largest absolute Gasteiger partial charge is 0.458 e. The minimum atomic E-state index is -0.864. The second kappa shape index (κ2) is 6.48. The van der Waals surface area contributed by atoms with Gasteiger partial charge in [0.25, 0.3) is 12.2 Å². The monoisotopic (exact) mass is 403 g/mol. The number of nitrogens with zero attached hydrogens (tertiary/aromatic N) is 1. The van der Waals surface area contributed by atoms with E-state index in [4.69, 9.17) is 14.2 Å². The van der Waals surface area contributed by atoms with Gasteiger partial charge in [-0.1, -0.05) is 0 Å². The van der Waals surface area contributed by atoms with Gasteiger partial charge in [-0.3, -0.25) is 4.79 Å². The maximum Gasteiger partial charge on any atom is 0.417 e. The number of hydrogen-bond donors (Lipinski definition) is 0. The second-order valence-corrected chi connectivity index (χ2v) is 9.04. The van der Waals surface area contributed by atoms with Crippen molar-refractivity contribution in [2.75, 3.05) is 0 Å². The van der Waals surface area contributed by atoms with Crippen LogP contribution in [0, 0.1) is 5.92 Å². The molecule has 3 heterocycles. The third-order valence-corrected chi connectivity index (χ3v) is 5.84. The van der Waals surface area contributed by atoms with Crippen molar-refractivity contribution in [3.63, 3.8) is 0 Å². The first-order valence-corrected chi connectivity index (χ1v) is 9.91. The number of thiophene rings is 1. The Morgan fingerprint density at radius 2 is 2.11 bits per heavy atom. The summed E-state index contributed by atoms with van der Waals surface area (Å²) in [5.41, 5.74) is 1.10. The van der Waals surface area contributed by atoms with E-state index in [1.165, 1.54) is 11.2 Å². The zero-order chi connectivity index (χ0) is 20.2. The number of carbonyl (C=O) groups excluding carboxylic acids is 3. The molecule has 4 rings (SSSR count). The van der Waals surface area contributed by atoms with Gasteiger partial charge in [-0.25, -0.2) is 14.5 Å². The molecule has 148 valence electrons.